The lowest BCUT2D eigenvalue weighted by Crippen LogP contribution is -2.08. The van der Waals surface area contributed by atoms with Gasteiger partial charge in [0.25, 0.3) is 0 Å². The van der Waals surface area contributed by atoms with Crippen LogP contribution < -0.4 is 4.74 Å². The first kappa shape index (κ1) is 14.1. The van der Waals surface area contributed by atoms with Crippen LogP contribution in [0.3, 0.4) is 0 Å². The molecule has 1 aromatic heterocycles. The normalized spacial score (nSPS) is 12.3. The maximum absolute atomic E-state index is 13.1. The van der Waals surface area contributed by atoms with E-state index in [-0.39, 0.29) is 5.82 Å². The second-order valence-corrected chi connectivity index (χ2v) is 5.98. The molecule has 0 amide bonds. The molecule has 23 heavy (non-hydrogen) atoms. The number of nitrogens with zero attached hydrogens (tertiary/aromatic N) is 1. The van der Waals surface area contributed by atoms with Gasteiger partial charge in [-0.05, 0) is 42.8 Å². The summed E-state index contributed by atoms with van der Waals surface area (Å²) in [4.78, 5) is 7.61. The summed E-state index contributed by atoms with van der Waals surface area (Å²) < 4.78 is 19.5. The van der Waals surface area contributed by atoms with E-state index in [0.717, 1.165) is 22.4 Å². The highest BCUT2D eigenvalue weighted by Gasteiger charge is 2.20. The molecule has 3 aromatic rings. The Morgan fingerprint density at radius 3 is 2.74 bits per heavy atom. The number of ether oxygens (including phenoxy) is 1. The summed E-state index contributed by atoms with van der Waals surface area (Å²) in [6, 6.07) is 12.2. The first-order chi connectivity index (χ1) is 11.1. The van der Waals surface area contributed by atoms with Crippen LogP contribution in [0.4, 0.5) is 4.39 Å². The molecular formula is C18H13FN2OS. The van der Waals surface area contributed by atoms with Gasteiger partial charge in [-0.3, -0.25) is 0 Å². The van der Waals surface area contributed by atoms with E-state index in [1.54, 1.807) is 12.1 Å². The molecule has 114 valence electrons. The van der Waals surface area contributed by atoms with Crippen LogP contribution in [-0.4, -0.2) is 9.97 Å². The second kappa shape index (κ2) is 5.28. The van der Waals surface area contributed by atoms with Crippen molar-refractivity contribution in [3.63, 3.8) is 0 Å². The van der Waals surface area contributed by atoms with E-state index >= 15 is 0 Å². The van der Waals surface area contributed by atoms with Gasteiger partial charge < -0.3 is 9.72 Å². The van der Waals surface area contributed by atoms with Crippen molar-refractivity contribution in [3.05, 3.63) is 69.6 Å². The number of hydrogen-bond acceptors (Lipinski definition) is 3. The Kier molecular flexibility index (Phi) is 3.23. The molecule has 0 fully saturated rings. The van der Waals surface area contributed by atoms with Crippen molar-refractivity contribution in [2.75, 3.05) is 0 Å². The summed E-state index contributed by atoms with van der Waals surface area (Å²) in [6.45, 7) is 2.05. The monoisotopic (exact) mass is 324 g/mol. The molecule has 1 N–H and O–H groups in total. The number of aromatic nitrogens is 2. The Hall–Kier alpha value is -2.53. The zero-order valence-electron chi connectivity index (χ0n) is 12.4. The first-order valence-corrected chi connectivity index (χ1v) is 7.67. The molecule has 0 saturated heterocycles. The summed E-state index contributed by atoms with van der Waals surface area (Å²) >= 11 is 5.43. The predicted molar refractivity (Wildman–Crippen MR) is 88.9 cm³/mol. The van der Waals surface area contributed by atoms with E-state index in [1.807, 2.05) is 19.1 Å². The SMILES string of the molecule is Cc1ccc2c(c1)Cc1c([nH]c(-c3ccc(F)cc3)nc1=S)O2. The Morgan fingerprint density at radius 2 is 1.96 bits per heavy atom. The van der Waals surface area contributed by atoms with Gasteiger partial charge in [0.2, 0.25) is 5.88 Å². The molecular weight excluding hydrogens is 311 g/mol. The Balaban J connectivity index is 1.81. The highest BCUT2D eigenvalue weighted by molar-refractivity contribution is 7.71. The van der Waals surface area contributed by atoms with Crippen molar-refractivity contribution >= 4 is 12.2 Å². The van der Waals surface area contributed by atoms with Gasteiger partial charge >= 0.3 is 0 Å². The molecule has 4 rings (SSSR count). The average Bonchev–Trinajstić information content (AvgIpc) is 2.54. The topological polar surface area (TPSA) is 37.9 Å². The van der Waals surface area contributed by atoms with Crippen LogP contribution in [0.1, 0.15) is 16.7 Å². The van der Waals surface area contributed by atoms with Crippen molar-refractivity contribution in [2.24, 2.45) is 0 Å². The van der Waals surface area contributed by atoms with Gasteiger partial charge in [0.1, 0.15) is 22.0 Å². The summed E-state index contributed by atoms with van der Waals surface area (Å²) in [5.41, 5.74) is 3.93. The Morgan fingerprint density at radius 1 is 1.17 bits per heavy atom. The molecule has 1 aliphatic heterocycles. The fraction of sp³-hybridized carbons (Fsp3) is 0.111. The third kappa shape index (κ3) is 2.53. The summed E-state index contributed by atoms with van der Waals surface area (Å²) in [6.07, 6.45) is 0.693. The molecule has 0 aliphatic carbocycles. The minimum atomic E-state index is -0.286. The van der Waals surface area contributed by atoms with Crippen molar-refractivity contribution in [1.29, 1.82) is 0 Å². The van der Waals surface area contributed by atoms with Crippen molar-refractivity contribution in [3.8, 4) is 23.0 Å². The molecule has 1 aliphatic rings. The molecule has 0 spiro atoms. The molecule has 0 atom stereocenters. The van der Waals surface area contributed by atoms with Gasteiger partial charge in [-0.1, -0.05) is 29.9 Å². The Bertz CT molecular complexity index is 964. The van der Waals surface area contributed by atoms with Gasteiger partial charge in [-0.25, -0.2) is 9.37 Å². The number of H-pyrrole nitrogens is 1. The second-order valence-electron chi connectivity index (χ2n) is 5.60. The van der Waals surface area contributed by atoms with Crippen LogP contribution in [-0.2, 0) is 6.42 Å². The van der Waals surface area contributed by atoms with Crippen LogP contribution in [0.5, 0.6) is 11.6 Å². The zero-order valence-corrected chi connectivity index (χ0v) is 13.2. The lowest BCUT2D eigenvalue weighted by molar-refractivity contribution is 0.439. The van der Waals surface area contributed by atoms with E-state index in [0.29, 0.717) is 22.8 Å². The number of benzene rings is 2. The number of halogens is 1. The highest BCUT2D eigenvalue weighted by Crippen LogP contribution is 2.36. The Labute approximate surface area is 137 Å². The van der Waals surface area contributed by atoms with Gasteiger partial charge in [0.05, 0.1) is 5.56 Å². The van der Waals surface area contributed by atoms with Crippen molar-refractivity contribution in [2.45, 2.75) is 13.3 Å². The molecule has 0 bridgehead atoms. The zero-order chi connectivity index (χ0) is 16.0. The maximum Gasteiger partial charge on any atom is 0.205 e. The third-order valence-electron chi connectivity index (χ3n) is 3.89. The standard InChI is InChI=1S/C18H13FN2OS/c1-10-2-7-15-12(8-10)9-14-17(22-15)20-16(21-18(14)23)11-3-5-13(19)6-4-11/h2-8H,9H2,1H3,(H,20,21,23). The van der Waals surface area contributed by atoms with E-state index in [2.05, 4.69) is 16.0 Å². The molecule has 5 heteroatoms. The van der Waals surface area contributed by atoms with Crippen LogP contribution in [0, 0.1) is 17.4 Å². The smallest absolute Gasteiger partial charge is 0.205 e. The van der Waals surface area contributed by atoms with E-state index in [4.69, 9.17) is 17.0 Å². The van der Waals surface area contributed by atoms with Crippen LogP contribution in [0.25, 0.3) is 11.4 Å². The largest absolute Gasteiger partial charge is 0.440 e. The minimum absolute atomic E-state index is 0.286. The fourth-order valence-electron chi connectivity index (χ4n) is 2.71. The molecule has 0 saturated carbocycles. The third-order valence-corrected chi connectivity index (χ3v) is 4.23. The van der Waals surface area contributed by atoms with Crippen LogP contribution in [0.15, 0.2) is 42.5 Å². The predicted octanol–water partition coefficient (Wildman–Crippen LogP) is 4.95. The minimum Gasteiger partial charge on any atom is -0.440 e. The molecule has 0 unspecified atom stereocenters. The highest BCUT2D eigenvalue weighted by atomic mass is 32.1. The lowest BCUT2D eigenvalue weighted by atomic mass is 10.0. The lowest BCUT2D eigenvalue weighted by Gasteiger charge is -2.20. The van der Waals surface area contributed by atoms with Crippen LogP contribution in [0.2, 0.25) is 0 Å². The average molecular weight is 324 g/mol. The molecule has 0 radical (unpaired) electrons. The molecule has 3 nitrogen and oxygen atoms in total. The number of hydrogen-bond donors (Lipinski definition) is 1. The quantitative estimate of drug-likeness (QED) is 0.503. The first-order valence-electron chi connectivity index (χ1n) is 7.27. The summed E-state index contributed by atoms with van der Waals surface area (Å²) in [7, 11) is 0. The number of fused-ring (bicyclic) bond motifs is 2. The van der Waals surface area contributed by atoms with Gasteiger partial charge in [0, 0.05) is 12.0 Å². The summed E-state index contributed by atoms with van der Waals surface area (Å²) in [5.74, 6) is 1.72. The number of nitrogens with one attached hydrogen (secondary N) is 1. The van der Waals surface area contributed by atoms with Gasteiger partial charge in [0.15, 0.2) is 0 Å². The fourth-order valence-corrected chi connectivity index (χ4v) is 2.97. The number of rotatable bonds is 1. The van der Waals surface area contributed by atoms with Gasteiger partial charge in [-0.2, -0.15) is 0 Å². The van der Waals surface area contributed by atoms with E-state index < -0.39 is 0 Å². The molecule has 2 heterocycles. The van der Waals surface area contributed by atoms with Gasteiger partial charge in [-0.15, -0.1) is 0 Å². The van der Waals surface area contributed by atoms with E-state index in [9.17, 15) is 4.39 Å². The summed E-state index contributed by atoms with van der Waals surface area (Å²) in [5, 5.41) is 0. The number of aryl methyl sites for hydroxylation is 1. The van der Waals surface area contributed by atoms with Crippen molar-refractivity contribution < 1.29 is 9.13 Å². The molecule has 2 aromatic carbocycles. The number of aromatic amines is 1. The maximum atomic E-state index is 13.1. The van der Waals surface area contributed by atoms with Crippen LogP contribution >= 0.6 is 12.2 Å². The van der Waals surface area contributed by atoms with E-state index in [1.165, 1.54) is 17.7 Å². The van der Waals surface area contributed by atoms with Crippen molar-refractivity contribution in [1.82, 2.24) is 9.97 Å².